The van der Waals surface area contributed by atoms with E-state index in [0.29, 0.717) is 19.7 Å². The molecule has 0 N–H and O–H groups in total. The molecule has 2 atom stereocenters. The van der Waals surface area contributed by atoms with Gasteiger partial charge >= 0.3 is 6.09 Å². The summed E-state index contributed by atoms with van der Waals surface area (Å²) in [6.07, 6.45) is 1.99. The Labute approximate surface area is 286 Å². The van der Waals surface area contributed by atoms with Gasteiger partial charge in [-0.2, -0.15) is 0 Å². The summed E-state index contributed by atoms with van der Waals surface area (Å²) in [5.74, 6) is 2.35. The number of fused-ring (bicyclic) bond motifs is 1. The Bertz CT molecular complexity index is 1830. The predicted molar refractivity (Wildman–Crippen MR) is 189 cm³/mol. The molecule has 1 aliphatic rings. The van der Waals surface area contributed by atoms with Crippen molar-refractivity contribution in [3.8, 4) is 27.8 Å². The van der Waals surface area contributed by atoms with Gasteiger partial charge in [0.05, 0.1) is 38.4 Å². The standard InChI is InChI=1S/C39H42N2O6S/c1-39(2,3)47-38(42)41-20-19-31(35(23-41)46-24-28-21-34(43-4)32-13-9-10-14-33(32)36(28)44-5)26-15-17-29(18-16-26)45-25-30-22-40-37(48-30)27-11-7-6-8-12-27/h6-18,21-22,31,35H,19-20,23-25H2,1-5H3. The molecule has 2 unspecified atom stereocenters. The van der Waals surface area contributed by atoms with Crippen LogP contribution < -0.4 is 14.2 Å². The Kier molecular flexibility index (Phi) is 10.2. The highest BCUT2D eigenvalue weighted by atomic mass is 32.1. The van der Waals surface area contributed by atoms with Crippen LogP contribution in [0.15, 0.2) is 91.1 Å². The minimum Gasteiger partial charge on any atom is -0.496 e. The van der Waals surface area contributed by atoms with Gasteiger partial charge in [-0.05, 0) is 51.0 Å². The summed E-state index contributed by atoms with van der Waals surface area (Å²) < 4.78 is 30.2. The van der Waals surface area contributed by atoms with E-state index in [0.717, 1.165) is 61.0 Å². The Morgan fingerprint density at radius 3 is 2.35 bits per heavy atom. The van der Waals surface area contributed by atoms with Gasteiger partial charge in [-0.25, -0.2) is 9.78 Å². The van der Waals surface area contributed by atoms with E-state index in [1.54, 1.807) is 30.5 Å². The summed E-state index contributed by atoms with van der Waals surface area (Å²) in [6.45, 7) is 7.35. The van der Waals surface area contributed by atoms with Crippen LogP contribution in [0, 0.1) is 0 Å². The van der Waals surface area contributed by atoms with Gasteiger partial charge < -0.3 is 28.6 Å². The molecule has 0 aliphatic carbocycles. The lowest BCUT2D eigenvalue weighted by molar-refractivity contribution is -0.0363. The number of carbonyl (C=O) groups is 1. The number of nitrogens with zero attached hydrogens (tertiary/aromatic N) is 2. The average Bonchev–Trinajstić information content (AvgIpc) is 3.58. The SMILES string of the molecule is COc1cc(COC2CN(C(=O)OC(C)(C)C)CCC2c2ccc(OCc3cnc(-c4ccccc4)s3)cc2)c(OC)c2ccccc12. The van der Waals surface area contributed by atoms with Gasteiger partial charge in [0.1, 0.15) is 34.5 Å². The highest BCUT2D eigenvalue weighted by molar-refractivity contribution is 7.15. The van der Waals surface area contributed by atoms with Crippen molar-refractivity contribution in [1.82, 2.24) is 9.88 Å². The Morgan fingerprint density at radius 1 is 0.917 bits per heavy atom. The molecule has 1 amide bonds. The second kappa shape index (κ2) is 14.7. The topological polar surface area (TPSA) is 79.4 Å². The number of carbonyl (C=O) groups excluding carboxylic acids is 1. The summed E-state index contributed by atoms with van der Waals surface area (Å²) >= 11 is 1.63. The van der Waals surface area contributed by atoms with Crippen molar-refractivity contribution in [2.75, 3.05) is 27.3 Å². The fourth-order valence-corrected chi connectivity index (χ4v) is 6.93. The molecule has 1 fully saturated rings. The largest absolute Gasteiger partial charge is 0.496 e. The van der Waals surface area contributed by atoms with Crippen molar-refractivity contribution in [3.05, 3.63) is 107 Å². The molecular weight excluding hydrogens is 625 g/mol. The van der Waals surface area contributed by atoms with E-state index >= 15 is 0 Å². The van der Waals surface area contributed by atoms with Crippen molar-refractivity contribution in [3.63, 3.8) is 0 Å². The minimum atomic E-state index is -0.586. The van der Waals surface area contributed by atoms with E-state index in [9.17, 15) is 4.79 Å². The van der Waals surface area contributed by atoms with Crippen LogP contribution in [0.25, 0.3) is 21.3 Å². The van der Waals surface area contributed by atoms with Crippen LogP contribution in [0.1, 0.15) is 49.1 Å². The second-order valence-electron chi connectivity index (χ2n) is 12.8. The first-order chi connectivity index (χ1) is 23.2. The summed E-state index contributed by atoms with van der Waals surface area (Å²) in [5, 5.41) is 2.91. The van der Waals surface area contributed by atoms with Crippen molar-refractivity contribution < 1.29 is 28.5 Å². The van der Waals surface area contributed by atoms with Gasteiger partial charge in [-0.1, -0.05) is 66.7 Å². The smallest absolute Gasteiger partial charge is 0.410 e. The number of amides is 1. The van der Waals surface area contributed by atoms with Crippen LogP contribution in [0.5, 0.6) is 17.2 Å². The molecule has 1 saturated heterocycles. The molecule has 0 bridgehead atoms. The zero-order valence-electron chi connectivity index (χ0n) is 28.1. The van der Waals surface area contributed by atoms with Crippen molar-refractivity contribution in [1.29, 1.82) is 0 Å². The summed E-state index contributed by atoms with van der Waals surface area (Å²) in [5.41, 5.74) is 2.52. The fourth-order valence-electron chi connectivity index (χ4n) is 6.10. The number of likely N-dealkylation sites (tertiary alicyclic amines) is 1. The molecule has 1 aromatic heterocycles. The lowest BCUT2D eigenvalue weighted by Crippen LogP contribution is -2.48. The monoisotopic (exact) mass is 666 g/mol. The minimum absolute atomic E-state index is 0.0565. The van der Waals surface area contributed by atoms with Crippen LogP contribution in [-0.2, 0) is 22.7 Å². The lowest BCUT2D eigenvalue weighted by atomic mass is 9.87. The van der Waals surface area contributed by atoms with Gasteiger partial charge in [0.15, 0.2) is 0 Å². The molecule has 9 heteroatoms. The van der Waals surface area contributed by atoms with E-state index in [1.165, 1.54) is 0 Å². The average molecular weight is 667 g/mol. The molecule has 8 nitrogen and oxygen atoms in total. The van der Waals surface area contributed by atoms with Crippen LogP contribution in [0.2, 0.25) is 0 Å². The Balaban J connectivity index is 1.19. The van der Waals surface area contributed by atoms with Gasteiger partial charge in [0, 0.05) is 40.6 Å². The highest BCUT2D eigenvalue weighted by Crippen LogP contribution is 2.39. The second-order valence-corrected chi connectivity index (χ2v) is 14.0. The lowest BCUT2D eigenvalue weighted by Gasteiger charge is -2.39. The zero-order valence-corrected chi connectivity index (χ0v) is 28.9. The van der Waals surface area contributed by atoms with Crippen molar-refractivity contribution in [2.24, 2.45) is 0 Å². The number of benzene rings is 4. The number of ether oxygens (including phenoxy) is 5. The van der Waals surface area contributed by atoms with Crippen LogP contribution in [0.4, 0.5) is 4.79 Å². The van der Waals surface area contributed by atoms with Gasteiger partial charge in [-0.15, -0.1) is 11.3 Å². The number of piperidine rings is 1. The van der Waals surface area contributed by atoms with Gasteiger partial charge in [0.2, 0.25) is 0 Å². The van der Waals surface area contributed by atoms with E-state index in [1.807, 2.05) is 87.6 Å². The number of hydrogen-bond donors (Lipinski definition) is 0. The molecule has 250 valence electrons. The number of methoxy groups -OCH3 is 2. The molecule has 0 radical (unpaired) electrons. The zero-order chi connectivity index (χ0) is 33.7. The molecule has 6 rings (SSSR count). The third kappa shape index (κ3) is 7.75. The number of thiazole rings is 1. The van der Waals surface area contributed by atoms with E-state index < -0.39 is 5.60 Å². The maximum atomic E-state index is 13.1. The summed E-state index contributed by atoms with van der Waals surface area (Å²) in [7, 11) is 3.34. The number of aromatic nitrogens is 1. The number of hydrogen-bond acceptors (Lipinski definition) is 8. The molecule has 5 aromatic rings. The summed E-state index contributed by atoms with van der Waals surface area (Å²) in [4.78, 5) is 20.5. The number of rotatable bonds is 10. The first-order valence-electron chi connectivity index (χ1n) is 16.2. The predicted octanol–water partition coefficient (Wildman–Crippen LogP) is 8.87. The van der Waals surface area contributed by atoms with E-state index in [-0.39, 0.29) is 24.7 Å². The fraction of sp³-hybridized carbons (Fsp3) is 0.333. The molecule has 1 aliphatic heterocycles. The molecule has 2 heterocycles. The Morgan fingerprint density at radius 2 is 1.65 bits per heavy atom. The van der Waals surface area contributed by atoms with E-state index in [4.69, 9.17) is 23.7 Å². The van der Waals surface area contributed by atoms with Crippen LogP contribution >= 0.6 is 11.3 Å². The third-order valence-corrected chi connectivity index (χ3v) is 9.41. The third-order valence-electron chi connectivity index (χ3n) is 8.39. The van der Waals surface area contributed by atoms with E-state index in [2.05, 4.69) is 29.2 Å². The first kappa shape index (κ1) is 33.3. The molecular formula is C39H42N2O6S. The quantitative estimate of drug-likeness (QED) is 0.147. The molecule has 0 saturated carbocycles. The normalized spacial score (nSPS) is 16.5. The Hall–Kier alpha value is -4.60. The highest BCUT2D eigenvalue weighted by Gasteiger charge is 2.35. The maximum Gasteiger partial charge on any atom is 0.410 e. The first-order valence-corrected chi connectivity index (χ1v) is 17.0. The molecule has 4 aromatic carbocycles. The molecule has 48 heavy (non-hydrogen) atoms. The maximum absolute atomic E-state index is 13.1. The van der Waals surface area contributed by atoms with Crippen molar-refractivity contribution in [2.45, 2.75) is 58.0 Å². The van der Waals surface area contributed by atoms with Crippen molar-refractivity contribution >= 4 is 28.2 Å². The molecule has 0 spiro atoms. The van der Waals surface area contributed by atoms with Gasteiger partial charge in [0.25, 0.3) is 0 Å². The van der Waals surface area contributed by atoms with Crippen LogP contribution in [-0.4, -0.2) is 55.0 Å². The summed E-state index contributed by atoms with van der Waals surface area (Å²) in [6, 6.07) is 28.3. The van der Waals surface area contributed by atoms with Gasteiger partial charge in [-0.3, -0.25) is 0 Å². The van der Waals surface area contributed by atoms with Crippen LogP contribution in [0.3, 0.4) is 0 Å².